The number of rotatable bonds is 8. The van der Waals surface area contributed by atoms with Crippen LogP contribution in [0.4, 0.5) is 5.69 Å². The van der Waals surface area contributed by atoms with Crippen molar-refractivity contribution in [3.63, 3.8) is 0 Å². The van der Waals surface area contributed by atoms with E-state index in [1.54, 1.807) is 7.11 Å². The Labute approximate surface area is 172 Å². The second-order valence-corrected chi connectivity index (χ2v) is 6.69. The molecular weight excluding hydrogens is 366 g/mol. The molecule has 0 radical (unpaired) electrons. The minimum Gasteiger partial charge on any atom is -0.495 e. The fourth-order valence-corrected chi connectivity index (χ4v) is 2.88. The molecule has 6 heteroatoms. The normalized spacial score (nSPS) is 11.9. The van der Waals surface area contributed by atoms with Gasteiger partial charge >= 0.3 is 0 Å². The third-order valence-electron chi connectivity index (χ3n) is 4.37. The number of benzene rings is 2. The number of ether oxygens (including phenoxy) is 2. The zero-order chi connectivity index (χ0) is 21.4. The molecule has 0 spiro atoms. The van der Waals surface area contributed by atoms with E-state index in [4.69, 9.17) is 9.47 Å². The molecule has 1 unspecified atom stereocenters. The summed E-state index contributed by atoms with van der Waals surface area (Å²) in [5, 5.41) is 15.3. The zero-order valence-corrected chi connectivity index (χ0v) is 17.5. The third kappa shape index (κ3) is 5.76. The van der Waals surface area contributed by atoms with Crippen molar-refractivity contribution in [3.05, 3.63) is 64.9 Å². The van der Waals surface area contributed by atoms with Gasteiger partial charge in [0.1, 0.15) is 23.1 Å². The van der Waals surface area contributed by atoms with Gasteiger partial charge in [-0.15, -0.1) is 0 Å². The van der Waals surface area contributed by atoms with E-state index in [-0.39, 0.29) is 11.6 Å². The van der Waals surface area contributed by atoms with Crippen LogP contribution in [-0.2, 0) is 4.79 Å². The third-order valence-corrected chi connectivity index (χ3v) is 4.37. The second kappa shape index (κ2) is 10.2. The molecule has 0 saturated carbocycles. The van der Waals surface area contributed by atoms with Gasteiger partial charge in [-0.1, -0.05) is 23.8 Å². The van der Waals surface area contributed by atoms with E-state index in [2.05, 4.69) is 10.6 Å². The van der Waals surface area contributed by atoms with Crippen LogP contribution < -0.4 is 20.1 Å². The first kappa shape index (κ1) is 21.8. The maximum absolute atomic E-state index is 12.6. The summed E-state index contributed by atoms with van der Waals surface area (Å²) in [5.74, 6) is 0.873. The van der Waals surface area contributed by atoms with Gasteiger partial charge in [0.15, 0.2) is 0 Å². The topological polar surface area (TPSA) is 83.4 Å². The van der Waals surface area contributed by atoms with Gasteiger partial charge in [-0.3, -0.25) is 4.79 Å². The molecular formula is C23H27N3O3. The summed E-state index contributed by atoms with van der Waals surface area (Å²) < 4.78 is 11.0. The van der Waals surface area contributed by atoms with Gasteiger partial charge < -0.3 is 20.1 Å². The molecule has 2 aromatic carbocycles. The molecule has 1 atom stereocenters. The summed E-state index contributed by atoms with van der Waals surface area (Å²) in [5.41, 5.74) is 3.60. The number of carbonyl (C=O) groups is 1. The van der Waals surface area contributed by atoms with Crippen LogP contribution in [0.5, 0.6) is 11.5 Å². The van der Waals surface area contributed by atoms with Gasteiger partial charge in [0.05, 0.1) is 25.4 Å². The van der Waals surface area contributed by atoms with Crippen LogP contribution in [-0.4, -0.2) is 19.6 Å². The molecule has 0 heterocycles. The van der Waals surface area contributed by atoms with Crippen LogP contribution >= 0.6 is 0 Å². The van der Waals surface area contributed by atoms with Crippen molar-refractivity contribution in [2.24, 2.45) is 0 Å². The number of methoxy groups -OCH3 is 1. The number of aryl methyl sites for hydroxylation is 2. The molecule has 29 heavy (non-hydrogen) atoms. The van der Waals surface area contributed by atoms with E-state index in [1.807, 2.05) is 70.2 Å². The van der Waals surface area contributed by atoms with Crippen molar-refractivity contribution in [2.45, 2.75) is 33.7 Å². The SMILES string of the molecule is CCOc1ccc(C)cc1C(C)NC(=O)/C(C#N)=C\Nc1cc(C)ccc1OC. The molecule has 0 saturated heterocycles. The summed E-state index contributed by atoms with van der Waals surface area (Å²) >= 11 is 0. The van der Waals surface area contributed by atoms with Gasteiger partial charge in [0, 0.05) is 11.8 Å². The second-order valence-electron chi connectivity index (χ2n) is 6.69. The highest BCUT2D eigenvalue weighted by Gasteiger charge is 2.17. The van der Waals surface area contributed by atoms with Crippen molar-refractivity contribution in [1.29, 1.82) is 5.26 Å². The highest BCUT2D eigenvalue weighted by Crippen LogP contribution is 2.27. The smallest absolute Gasteiger partial charge is 0.263 e. The Morgan fingerprint density at radius 3 is 2.45 bits per heavy atom. The lowest BCUT2D eigenvalue weighted by Gasteiger charge is -2.18. The fourth-order valence-electron chi connectivity index (χ4n) is 2.88. The largest absolute Gasteiger partial charge is 0.495 e. The molecule has 6 nitrogen and oxygen atoms in total. The molecule has 2 rings (SSSR count). The number of anilines is 1. The minimum absolute atomic E-state index is 0.0361. The van der Waals surface area contributed by atoms with Gasteiger partial charge in [0.2, 0.25) is 0 Å². The van der Waals surface area contributed by atoms with Gasteiger partial charge in [-0.05, 0) is 51.5 Å². The maximum atomic E-state index is 12.6. The van der Waals surface area contributed by atoms with Crippen LogP contribution in [0.2, 0.25) is 0 Å². The minimum atomic E-state index is -0.469. The quantitative estimate of drug-likeness (QED) is 0.513. The van der Waals surface area contributed by atoms with Crippen LogP contribution in [0, 0.1) is 25.2 Å². The maximum Gasteiger partial charge on any atom is 0.263 e. The predicted octanol–water partition coefficient (Wildman–Crippen LogP) is 4.41. The molecule has 0 aliphatic heterocycles. The summed E-state index contributed by atoms with van der Waals surface area (Å²) in [6.45, 7) is 8.23. The van der Waals surface area contributed by atoms with Crippen molar-refractivity contribution in [3.8, 4) is 17.6 Å². The van der Waals surface area contributed by atoms with E-state index in [1.165, 1.54) is 6.20 Å². The Hall–Kier alpha value is -3.46. The number of nitriles is 1. The monoisotopic (exact) mass is 393 g/mol. The molecule has 2 N–H and O–H groups in total. The van der Waals surface area contributed by atoms with Crippen molar-refractivity contribution in [2.75, 3.05) is 19.0 Å². The number of hydrogen-bond acceptors (Lipinski definition) is 5. The zero-order valence-electron chi connectivity index (χ0n) is 17.5. The highest BCUT2D eigenvalue weighted by atomic mass is 16.5. The lowest BCUT2D eigenvalue weighted by molar-refractivity contribution is -0.117. The van der Waals surface area contributed by atoms with Crippen LogP contribution in [0.25, 0.3) is 0 Å². The van der Waals surface area contributed by atoms with Crippen LogP contribution in [0.15, 0.2) is 48.2 Å². The molecule has 0 fully saturated rings. The number of hydrogen-bond donors (Lipinski definition) is 2. The van der Waals surface area contributed by atoms with Crippen molar-refractivity contribution in [1.82, 2.24) is 5.32 Å². The first-order chi connectivity index (χ1) is 13.9. The fraction of sp³-hybridized carbons (Fsp3) is 0.304. The molecule has 2 aromatic rings. The molecule has 152 valence electrons. The Morgan fingerprint density at radius 1 is 1.17 bits per heavy atom. The first-order valence-corrected chi connectivity index (χ1v) is 9.45. The van der Waals surface area contributed by atoms with E-state index in [0.29, 0.717) is 18.0 Å². The van der Waals surface area contributed by atoms with E-state index >= 15 is 0 Å². The lowest BCUT2D eigenvalue weighted by Crippen LogP contribution is -2.28. The van der Waals surface area contributed by atoms with E-state index in [9.17, 15) is 10.1 Å². The van der Waals surface area contributed by atoms with Crippen LogP contribution in [0.1, 0.15) is 36.6 Å². The van der Waals surface area contributed by atoms with Crippen molar-refractivity contribution < 1.29 is 14.3 Å². The summed E-state index contributed by atoms with van der Waals surface area (Å²) in [6.07, 6.45) is 1.39. The standard InChI is InChI=1S/C23H27N3O3/c1-6-29-21-9-7-15(2)11-19(21)17(4)26-23(27)18(13-24)14-25-20-12-16(3)8-10-22(20)28-5/h7-12,14,17,25H,6H2,1-5H3,(H,26,27)/b18-14-. The Balaban J connectivity index is 2.18. The average molecular weight is 393 g/mol. The number of nitrogens with zero attached hydrogens (tertiary/aromatic N) is 1. The summed E-state index contributed by atoms with van der Waals surface area (Å²) in [4.78, 5) is 12.6. The predicted molar refractivity (Wildman–Crippen MR) is 114 cm³/mol. The average Bonchev–Trinajstić information content (AvgIpc) is 2.70. The Morgan fingerprint density at radius 2 is 1.83 bits per heavy atom. The number of nitrogens with one attached hydrogen (secondary N) is 2. The number of carbonyl (C=O) groups excluding carboxylic acids is 1. The molecule has 0 aromatic heterocycles. The Kier molecular flexibility index (Phi) is 7.67. The molecule has 0 aliphatic carbocycles. The van der Waals surface area contributed by atoms with Gasteiger partial charge in [0.25, 0.3) is 5.91 Å². The first-order valence-electron chi connectivity index (χ1n) is 9.45. The molecule has 0 bridgehead atoms. The lowest BCUT2D eigenvalue weighted by atomic mass is 10.0. The Bertz CT molecular complexity index is 945. The summed E-state index contributed by atoms with van der Waals surface area (Å²) in [6, 6.07) is 13.1. The van der Waals surface area contributed by atoms with Crippen molar-refractivity contribution >= 4 is 11.6 Å². The van der Waals surface area contributed by atoms with Crippen LogP contribution in [0.3, 0.4) is 0 Å². The van der Waals surface area contributed by atoms with Gasteiger partial charge in [-0.25, -0.2) is 0 Å². The summed E-state index contributed by atoms with van der Waals surface area (Å²) in [7, 11) is 1.57. The highest BCUT2D eigenvalue weighted by molar-refractivity contribution is 5.97. The van der Waals surface area contributed by atoms with E-state index in [0.717, 1.165) is 22.4 Å². The van der Waals surface area contributed by atoms with Gasteiger partial charge in [-0.2, -0.15) is 5.26 Å². The number of amides is 1. The van der Waals surface area contributed by atoms with E-state index < -0.39 is 5.91 Å². The molecule has 0 aliphatic rings. The molecule has 1 amide bonds.